The van der Waals surface area contributed by atoms with Crippen LogP contribution in [0.4, 0.5) is 0 Å². The second kappa shape index (κ2) is 7.02. The number of thiophene rings is 2. The first-order chi connectivity index (χ1) is 12.3. The fourth-order valence-electron chi connectivity index (χ4n) is 3.32. The first kappa shape index (κ1) is 16.4. The van der Waals surface area contributed by atoms with Crippen molar-refractivity contribution >= 4 is 28.6 Å². The zero-order chi connectivity index (χ0) is 17.2. The van der Waals surface area contributed by atoms with Crippen molar-refractivity contribution in [1.82, 2.24) is 4.90 Å². The molecule has 128 valence electrons. The molecule has 1 atom stereocenters. The molecule has 0 radical (unpaired) electrons. The van der Waals surface area contributed by atoms with E-state index in [-0.39, 0.29) is 11.9 Å². The molecule has 0 saturated carbocycles. The smallest absolute Gasteiger partial charge is 0.254 e. The second-order valence-corrected chi connectivity index (χ2v) is 7.90. The number of carbonyl (C=O) groups excluding carboxylic acids is 1. The van der Waals surface area contributed by atoms with Gasteiger partial charge in [-0.25, -0.2) is 0 Å². The summed E-state index contributed by atoms with van der Waals surface area (Å²) in [6.07, 6.45) is 0.928. The van der Waals surface area contributed by atoms with E-state index >= 15 is 0 Å². The van der Waals surface area contributed by atoms with Crippen LogP contribution in [0.15, 0.2) is 53.2 Å². The number of amides is 1. The number of nitrogens with zero attached hydrogens (tertiary/aromatic N) is 1. The Morgan fingerprint density at radius 2 is 2.00 bits per heavy atom. The molecule has 1 aliphatic heterocycles. The monoisotopic (exact) mass is 369 g/mol. The molecule has 1 aliphatic rings. The first-order valence-electron chi connectivity index (χ1n) is 8.41. The van der Waals surface area contributed by atoms with Gasteiger partial charge in [-0.15, -0.1) is 22.7 Å². The molecule has 0 N–H and O–H groups in total. The quantitative estimate of drug-likeness (QED) is 0.648. The fourth-order valence-corrected chi connectivity index (χ4v) is 5.07. The van der Waals surface area contributed by atoms with Gasteiger partial charge in [0.05, 0.1) is 12.6 Å². The summed E-state index contributed by atoms with van der Waals surface area (Å²) in [5.74, 6) is 0.880. The molecular weight excluding hydrogens is 350 g/mol. The van der Waals surface area contributed by atoms with Crippen LogP contribution in [0.3, 0.4) is 0 Å². The van der Waals surface area contributed by atoms with Crippen LogP contribution in [-0.2, 0) is 6.42 Å². The molecule has 2 aromatic heterocycles. The van der Waals surface area contributed by atoms with Crippen molar-refractivity contribution in [1.29, 1.82) is 0 Å². The van der Waals surface area contributed by atoms with Crippen LogP contribution in [0.1, 0.15) is 38.6 Å². The summed E-state index contributed by atoms with van der Waals surface area (Å²) in [4.78, 5) is 17.8. The Balaban J connectivity index is 1.67. The average molecular weight is 370 g/mol. The molecule has 0 aliphatic carbocycles. The van der Waals surface area contributed by atoms with Crippen molar-refractivity contribution < 1.29 is 9.53 Å². The molecule has 1 amide bonds. The molecule has 4 rings (SSSR count). The van der Waals surface area contributed by atoms with Crippen molar-refractivity contribution in [2.75, 3.05) is 13.2 Å². The van der Waals surface area contributed by atoms with Crippen molar-refractivity contribution in [2.45, 2.75) is 19.4 Å². The maximum Gasteiger partial charge on any atom is 0.254 e. The van der Waals surface area contributed by atoms with E-state index in [0.717, 1.165) is 18.7 Å². The Kier molecular flexibility index (Phi) is 4.59. The molecule has 1 aromatic carbocycles. The van der Waals surface area contributed by atoms with E-state index < -0.39 is 0 Å². The lowest BCUT2D eigenvalue weighted by Crippen LogP contribution is -2.39. The SMILES string of the molecule is CCOc1ccc(C(=O)N2CCc3sccc3[C@H]2c2cccs2)cc1. The minimum absolute atomic E-state index is 0.0223. The molecule has 25 heavy (non-hydrogen) atoms. The molecule has 3 aromatic rings. The van der Waals surface area contributed by atoms with Crippen LogP contribution in [-0.4, -0.2) is 24.0 Å². The summed E-state index contributed by atoms with van der Waals surface area (Å²) < 4.78 is 5.48. The van der Waals surface area contributed by atoms with Crippen molar-refractivity contribution in [3.05, 3.63) is 74.1 Å². The van der Waals surface area contributed by atoms with Crippen LogP contribution in [0, 0.1) is 0 Å². The Morgan fingerprint density at radius 1 is 1.16 bits per heavy atom. The molecule has 0 spiro atoms. The fraction of sp³-hybridized carbons (Fsp3) is 0.250. The summed E-state index contributed by atoms with van der Waals surface area (Å²) >= 11 is 3.51. The van der Waals surface area contributed by atoms with Crippen LogP contribution in [0.25, 0.3) is 0 Å². The molecule has 5 heteroatoms. The zero-order valence-corrected chi connectivity index (χ0v) is 15.6. The lowest BCUT2D eigenvalue weighted by Gasteiger charge is -2.35. The molecular formula is C20H19NO2S2. The standard InChI is InChI=1S/C20H19NO2S2/c1-2-23-15-7-5-14(6-8-15)20(22)21-11-9-17-16(10-13-25-17)19(21)18-4-3-12-24-18/h3-8,10,12-13,19H,2,9,11H2,1H3/t19-/m0/s1. The highest BCUT2D eigenvalue weighted by atomic mass is 32.1. The van der Waals surface area contributed by atoms with Gasteiger partial charge < -0.3 is 9.64 Å². The second-order valence-electron chi connectivity index (χ2n) is 5.92. The summed E-state index contributed by atoms with van der Waals surface area (Å²) in [6.45, 7) is 3.33. The third-order valence-electron chi connectivity index (χ3n) is 4.45. The van der Waals surface area contributed by atoms with E-state index in [9.17, 15) is 4.79 Å². The van der Waals surface area contributed by atoms with Gasteiger partial charge in [0.25, 0.3) is 5.91 Å². The number of rotatable bonds is 4. The summed E-state index contributed by atoms with van der Waals surface area (Å²) in [5.41, 5.74) is 1.99. The lowest BCUT2D eigenvalue weighted by atomic mass is 9.97. The van der Waals surface area contributed by atoms with Crippen LogP contribution in [0.2, 0.25) is 0 Å². The zero-order valence-electron chi connectivity index (χ0n) is 14.0. The van der Waals surface area contributed by atoms with Crippen LogP contribution in [0.5, 0.6) is 5.75 Å². The van der Waals surface area contributed by atoms with Crippen molar-refractivity contribution in [3.8, 4) is 5.75 Å². The summed E-state index contributed by atoms with van der Waals surface area (Å²) in [7, 11) is 0. The summed E-state index contributed by atoms with van der Waals surface area (Å²) in [6, 6.07) is 13.8. The average Bonchev–Trinajstić information content (AvgIpc) is 3.33. The molecule has 0 bridgehead atoms. The third kappa shape index (κ3) is 3.10. The van der Waals surface area contributed by atoms with E-state index in [1.807, 2.05) is 36.1 Å². The van der Waals surface area contributed by atoms with Gasteiger partial charge in [-0.2, -0.15) is 0 Å². The Morgan fingerprint density at radius 3 is 2.72 bits per heavy atom. The topological polar surface area (TPSA) is 29.5 Å². The van der Waals surface area contributed by atoms with E-state index in [0.29, 0.717) is 12.2 Å². The van der Waals surface area contributed by atoms with Crippen LogP contribution < -0.4 is 4.74 Å². The highest BCUT2D eigenvalue weighted by Crippen LogP contribution is 2.40. The molecule has 0 unspecified atom stereocenters. The van der Waals surface area contributed by atoms with Gasteiger partial charge in [-0.05, 0) is 66.1 Å². The number of hydrogen-bond acceptors (Lipinski definition) is 4. The Labute approximate surface area is 155 Å². The van der Waals surface area contributed by atoms with E-state index in [4.69, 9.17) is 4.74 Å². The van der Waals surface area contributed by atoms with Crippen LogP contribution >= 0.6 is 22.7 Å². The number of benzene rings is 1. The normalized spacial score (nSPS) is 16.5. The summed E-state index contributed by atoms with van der Waals surface area (Å²) in [5, 5.41) is 4.21. The minimum atomic E-state index is 0.0223. The number of ether oxygens (including phenoxy) is 1. The van der Waals surface area contributed by atoms with E-state index in [1.54, 1.807) is 22.7 Å². The van der Waals surface area contributed by atoms with E-state index in [2.05, 4.69) is 29.0 Å². The van der Waals surface area contributed by atoms with Gasteiger partial charge in [0.1, 0.15) is 5.75 Å². The maximum atomic E-state index is 13.2. The maximum absolute atomic E-state index is 13.2. The Hall–Kier alpha value is -2.11. The molecule has 0 fully saturated rings. The van der Waals surface area contributed by atoms with Gasteiger partial charge in [-0.3, -0.25) is 4.79 Å². The van der Waals surface area contributed by atoms with Gasteiger partial charge >= 0.3 is 0 Å². The predicted octanol–water partition coefficient (Wildman–Crippen LogP) is 5.00. The molecule has 0 saturated heterocycles. The number of carbonyl (C=O) groups is 1. The molecule has 3 heterocycles. The highest BCUT2D eigenvalue weighted by Gasteiger charge is 2.33. The highest BCUT2D eigenvalue weighted by molar-refractivity contribution is 7.10. The first-order valence-corrected chi connectivity index (χ1v) is 10.2. The third-order valence-corrected chi connectivity index (χ3v) is 6.37. The van der Waals surface area contributed by atoms with Gasteiger partial charge in [0.2, 0.25) is 0 Å². The van der Waals surface area contributed by atoms with Gasteiger partial charge in [0, 0.05) is 21.9 Å². The van der Waals surface area contributed by atoms with Crippen molar-refractivity contribution in [2.24, 2.45) is 0 Å². The Bertz CT molecular complexity index is 852. The van der Waals surface area contributed by atoms with Gasteiger partial charge in [0.15, 0.2) is 0 Å². The predicted molar refractivity (Wildman–Crippen MR) is 103 cm³/mol. The number of hydrogen-bond donors (Lipinski definition) is 0. The molecule has 3 nitrogen and oxygen atoms in total. The minimum Gasteiger partial charge on any atom is -0.494 e. The number of fused-ring (bicyclic) bond motifs is 1. The van der Waals surface area contributed by atoms with E-state index in [1.165, 1.54) is 15.3 Å². The van der Waals surface area contributed by atoms with Gasteiger partial charge in [-0.1, -0.05) is 6.07 Å². The van der Waals surface area contributed by atoms with Crippen molar-refractivity contribution in [3.63, 3.8) is 0 Å². The lowest BCUT2D eigenvalue weighted by molar-refractivity contribution is 0.0698. The largest absolute Gasteiger partial charge is 0.494 e.